The number of carbonyl (C=O) groups is 1. The van der Waals surface area contributed by atoms with Crippen molar-refractivity contribution in [1.82, 2.24) is 4.90 Å². The molecule has 1 heterocycles. The first-order chi connectivity index (χ1) is 8.08. The molecule has 0 atom stereocenters. The lowest BCUT2D eigenvalue weighted by Gasteiger charge is -2.27. The van der Waals surface area contributed by atoms with Gasteiger partial charge in [0.15, 0.2) is 0 Å². The van der Waals surface area contributed by atoms with Crippen molar-refractivity contribution in [3.8, 4) is 5.75 Å². The zero-order valence-corrected chi connectivity index (χ0v) is 9.97. The number of nitrogens with zero attached hydrogens (tertiary/aromatic N) is 1. The van der Waals surface area contributed by atoms with E-state index >= 15 is 0 Å². The summed E-state index contributed by atoms with van der Waals surface area (Å²) in [5.74, 6) is 0.478. The predicted octanol–water partition coefficient (Wildman–Crippen LogP) is 0.748. The second kappa shape index (κ2) is 4.63. The molecule has 0 bridgehead atoms. The molecule has 0 spiro atoms. The maximum absolute atomic E-state index is 11.8. The standard InChI is InChI=1S/C12H16N2O3/c1-14(2)12(15)8-3-4-10(13)11(5-8)17-9-6-16-7-9/h3-5,9H,6-7,13H2,1-2H3. The zero-order valence-electron chi connectivity index (χ0n) is 9.97. The Kier molecular flexibility index (Phi) is 3.19. The number of hydrogen-bond acceptors (Lipinski definition) is 4. The third-order valence-electron chi connectivity index (χ3n) is 2.57. The van der Waals surface area contributed by atoms with Crippen molar-refractivity contribution in [1.29, 1.82) is 0 Å². The molecule has 5 heteroatoms. The molecule has 1 aliphatic rings. The molecular formula is C12H16N2O3. The molecule has 0 aliphatic carbocycles. The van der Waals surface area contributed by atoms with Gasteiger partial charge in [-0.25, -0.2) is 0 Å². The summed E-state index contributed by atoms with van der Waals surface area (Å²) >= 11 is 0. The molecule has 0 radical (unpaired) electrons. The summed E-state index contributed by atoms with van der Waals surface area (Å²) in [5.41, 5.74) is 6.91. The van der Waals surface area contributed by atoms with Crippen molar-refractivity contribution in [3.05, 3.63) is 23.8 Å². The zero-order chi connectivity index (χ0) is 12.4. The fourth-order valence-corrected chi connectivity index (χ4v) is 1.49. The first-order valence-electron chi connectivity index (χ1n) is 5.43. The summed E-state index contributed by atoms with van der Waals surface area (Å²) in [6.07, 6.45) is 0.0435. The third-order valence-corrected chi connectivity index (χ3v) is 2.57. The van der Waals surface area contributed by atoms with Gasteiger partial charge in [0.05, 0.1) is 18.9 Å². The lowest BCUT2D eigenvalue weighted by molar-refractivity contribution is -0.0794. The molecule has 2 rings (SSSR count). The highest BCUT2D eigenvalue weighted by molar-refractivity contribution is 5.94. The number of carbonyl (C=O) groups excluding carboxylic acids is 1. The molecular weight excluding hydrogens is 220 g/mol. The molecule has 1 aliphatic heterocycles. The fraction of sp³-hybridized carbons (Fsp3) is 0.417. The van der Waals surface area contributed by atoms with E-state index in [1.165, 1.54) is 4.90 Å². The van der Waals surface area contributed by atoms with Gasteiger partial charge in [-0.15, -0.1) is 0 Å². The normalized spacial score (nSPS) is 15.2. The van der Waals surface area contributed by atoms with E-state index in [0.717, 1.165) is 0 Å². The topological polar surface area (TPSA) is 64.8 Å². The van der Waals surface area contributed by atoms with Crippen LogP contribution in [0, 0.1) is 0 Å². The van der Waals surface area contributed by atoms with Gasteiger partial charge in [0, 0.05) is 19.7 Å². The first kappa shape index (κ1) is 11.7. The van der Waals surface area contributed by atoms with Gasteiger partial charge in [0.2, 0.25) is 0 Å². The minimum Gasteiger partial charge on any atom is -0.483 e. The van der Waals surface area contributed by atoms with E-state index in [1.54, 1.807) is 32.3 Å². The minimum absolute atomic E-state index is 0.0435. The number of nitrogen functional groups attached to an aromatic ring is 1. The van der Waals surface area contributed by atoms with E-state index in [2.05, 4.69) is 0 Å². The molecule has 5 nitrogen and oxygen atoms in total. The highest BCUT2D eigenvalue weighted by Gasteiger charge is 2.21. The average Bonchev–Trinajstić information content (AvgIpc) is 2.24. The number of rotatable bonds is 3. The smallest absolute Gasteiger partial charge is 0.253 e. The van der Waals surface area contributed by atoms with Gasteiger partial charge in [0.25, 0.3) is 5.91 Å². The van der Waals surface area contributed by atoms with E-state index in [1.807, 2.05) is 0 Å². The second-order valence-corrected chi connectivity index (χ2v) is 4.23. The number of nitrogens with two attached hydrogens (primary N) is 1. The van der Waals surface area contributed by atoms with Crippen LogP contribution in [0.1, 0.15) is 10.4 Å². The van der Waals surface area contributed by atoms with E-state index in [9.17, 15) is 4.79 Å². The van der Waals surface area contributed by atoms with Crippen LogP contribution in [-0.4, -0.2) is 44.2 Å². The molecule has 0 aromatic heterocycles. The molecule has 0 saturated carbocycles. The van der Waals surface area contributed by atoms with Crippen LogP contribution in [0.3, 0.4) is 0 Å². The van der Waals surface area contributed by atoms with Crippen molar-refractivity contribution in [3.63, 3.8) is 0 Å². The number of anilines is 1. The van der Waals surface area contributed by atoms with Crippen LogP contribution in [0.25, 0.3) is 0 Å². The van der Waals surface area contributed by atoms with Gasteiger partial charge < -0.3 is 20.1 Å². The summed E-state index contributed by atoms with van der Waals surface area (Å²) in [6, 6.07) is 5.06. The largest absolute Gasteiger partial charge is 0.483 e. The minimum atomic E-state index is -0.0697. The van der Waals surface area contributed by atoms with Crippen molar-refractivity contribution in [2.45, 2.75) is 6.10 Å². The summed E-state index contributed by atoms with van der Waals surface area (Å²) in [6.45, 7) is 1.15. The first-order valence-corrected chi connectivity index (χ1v) is 5.43. The highest BCUT2D eigenvalue weighted by Crippen LogP contribution is 2.25. The summed E-state index contributed by atoms with van der Waals surface area (Å²) < 4.78 is 10.7. The summed E-state index contributed by atoms with van der Waals surface area (Å²) in [5, 5.41) is 0. The van der Waals surface area contributed by atoms with E-state index < -0.39 is 0 Å². The van der Waals surface area contributed by atoms with Crippen molar-refractivity contribution in [2.75, 3.05) is 33.0 Å². The Balaban J connectivity index is 2.19. The molecule has 1 aromatic rings. The maximum Gasteiger partial charge on any atom is 0.253 e. The van der Waals surface area contributed by atoms with Gasteiger partial charge in [0.1, 0.15) is 11.9 Å². The molecule has 2 N–H and O–H groups in total. The van der Waals surface area contributed by atoms with Gasteiger partial charge in [-0.05, 0) is 18.2 Å². The van der Waals surface area contributed by atoms with E-state index in [-0.39, 0.29) is 12.0 Å². The second-order valence-electron chi connectivity index (χ2n) is 4.23. The SMILES string of the molecule is CN(C)C(=O)c1ccc(N)c(OC2COC2)c1. The van der Waals surface area contributed by atoms with Gasteiger partial charge in [-0.2, -0.15) is 0 Å². The Bertz CT molecular complexity index is 428. The molecule has 1 fully saturated rings. The number of ether oxygens (including phenoxy) is 2. The fourth-order valence-electron chi connectivity index (χ4n) is 1.49. The Labute approximate surface area is 100 Å². The van der Waals surface area contributed by atoms with Crippen LogP contribution in [0.2, 0.25) is 0 Å². The Hall–Kier alpha value is -1.75. The van der Waals surface area contributed by atoms with Crippen molar-refractivity contribution < 1.29 is 14.3 Å². The van der Waals surface area contributed by atoms with Gasteiger partial charge in [-0.3, -0.25) is 4.79 Å². The lowest BCUT2D eigenvalue weighted by Crippen LogP contribution is -2.38. The van der Waals surface area contributed by atoms with Crippen LogP contribution < -0.4 is 10.5 Å². The Morgan fingerprint density at radius 1 is 1.47 bits per heavy atom. The molecule has 1 amide bonds. The molecule has 1 saturated heterocycles. The van der Waals surface area contributed by atoms with E-state index in [0.29, 0.717) is 30.2 Å². The number of hydrogen-bond donors (Lipinski definition) is 1. The summed E-state index contributed by atoms with van der Waals surface area (Å²) in [7, 11) is 3.41. The van der Waals surface area contributed by atoms with Crippen LogP contribution >= 0.6 is 0 Å². The monoisotopic (exact) mass is 236 g/mol. The van der Waals surface area contributed by atoms with Crippen LogP contribution in [0.5, 0.6) is 5.75 Å². The lowest BCUT2D eigenvalue weighted by atomic mass is 10.1. The molecule has 92 valence electrons. The highest BCUT2D eigenvalue weighted by atomic mass is 16.6. The van der Waals surface area contributed by atoms with Gasteiger partial charge in [-0.1, -0.05) is 0 Å². The molecule has 1 aromatic carbocycles. The number of benzene rings is 1. The van der Waals surface area contributed by atoms with Crippen LogP contribution in [-0.2, 0) is 4.74 Å². The van der Waals surface area contributed by atoms with Crippen LogP contribution in [0.4, 0.5) is 5.69 Å². The van der Waals surface area contributed by atoms with Gasteiger partial charge >= 0.3 is 0 Å². The van der Waals surface area contributed by atoms with Crippen LogP contribution in [0.15, 0.2) is 18.2 Å². The number of amides is 1. The van der Waals surface area contributed by atoms with Crippen molar-refractivity contribution in [2.24, 2.45) is 0 Å². The maximum atomic E-state index is 11.8. The quantitative estimate of drug-likeness (QED) is 0.786. The predicted molar refractivity (Wildman–Crippen MR) is 64.1 cm³/mol. The van der Waals surface area contributed by atoms with E-state index in [4.69, 9.17) is 15.2 Å². The Morgan fingerprint density at radius 2 is 2.18 bits per heavy atom. The molecule has 17 heavy (non-hydrogen) atoms. The Morgan fingerprint density at radius 3 is 2.71 bits per heavy atom. The summed E-state index contributed by atoms with van der Waals surface area (Å²) in [4.78, 5) is 13.3. The molecule has 0 unspecified atom stereocenters. The third kappa shape index (κ3) is 2.50. The average molecular weight is 236 g/mol. The van der Waals surface area contributed by atoms with Crippen molar-refractivity contribution >= 4 is 11.6 Å².